The van der Waals surface area contributed by atoms with Crippen LogP contribution in [0.3, 0.4) is 0 Å². The van der Waals surface area contributed by atoms with E-state index in [1.54, 1.807) is 0 Å². The first kappa shape index (κ1) is 11.8. The van der Waals surface area contributed by atoms with Crippen molar-refractivity contribution in [2.45, 2.75) is 18.9 Å². The fourth-order valence-corrected chi connectivity index (χ4v) is 2.34. The summed E-state index contributed by atoms with van der Waals surface area (Å²) in [5, 5.41) is 9.09. The Kier molecular flexibility index (Phi) is 4.15. The Morgan fingerprint density at radius 3 is 2.69 bits per heavy atom. The molecule has 0 radical (unpaired) electrons. The Labute approximate surface area is 95.3 Å². The number of nitrogens with zero attached hydrogens (tertiary/aromatic N) is 1. The average molecular weight is 229 g/mol. The van der Waals surface area contributed by atoms with Crippen LogP contribution in [0.2, 0.25) is 0 Å². The third-order valence-corrected chi connectivity index (χ3v) is 3.36. The monoisotopic (exact) mass is 229 g/mol. The number of hydrogen-bond acceptors (Lipinski definition) is 4. The molecule has 2 aliphatic heterocycles. The lowest BCUT2D eigenvalue weighted by Gasteiger charge is -2.36. The minimum absolute atomic E-state index is 0.318. The van der Waals surface area contributed by atoms with Crippen molar-refractivity contribution in [3.8, 4) is 0 Å². The SMILES string of the molecule is O=C(O)C1COCCN1CC1CCOCC1. The summed E-state index contributed by atoms with van der Waals surface area (Å²) in [5.74, 6) is -0.194. The van der Waals surface area contributed by atoms with Gasteiger partial charge in [0, 0.05) is 26.3 Å². The molecule has 1 atom stereocenters. The molecule has 92 valence electrons. The van der Waals surface area contributed by atoms with Crippen LogP contribution in [0.15, 0.2) is 0 Å². The molecule has 16 heavy (non-hydrogen) atoms. The van der Waals surface area contributed by atoms with Crippen LogP contribution in [0.5, 0.6) is 0 Å². The average Bonchev–Trinajstić information content (AvgIpc) is 2.31. The Balaban J connectivity index is 1.87. The predicted molar refractivity (Wildman–Crippen MR) is 57.4 cm³/mol. The van der Waals surface area contributed by atoms with Gasteiger partial charge in [0.15, 0.2) is 0 Å². The zero-order valence-corrected chi connectivity index (χ0v) is 9.43. The summed E-state index contributed by atoms with van der Waals surface area (Å²) in [6.45, 7) is 4.18. The van der Waals surface area contributed by atoms with Gasteiger partial charge in [-0.1, -0.05) is 0 Å². The van der Waals surface area contributed by atoms with Gasteiger partial charge < -0.3 is 14.6 Å². The molecule has 2 fully saturated rings. The zero-order chi connectivity index (χ0) is 11.4. The van der Waals surface area contributed by atoms with Gasteiger partial charge in [0.2, 0.25) is 0 Å². The molecular formula is C11H19NO4. The van der Waals surface area contributed by atoms with E-state index in [9.17, 15) is 4.79 Å². The molecule has 0 amide bonds. The molecule has 0 saturated carbocycles. The van der Waals surface area contributed by atoms with Crippen molar-refractivity contribution in [3.05, 3.63) is 0 Å². The lowest BCUT2D eigenvalue weighted by atomic mass is 9.98. The highest BCUT2D eigenvalue weighted by Crippen LogP contribution is 2.18. The third-order valence-electron chi connectivity index (χ3n) is 3.36. The molecule has 0 aliphatic carbocycles. The maximum absolute atomic E-state index is 11.1. The van der Waals surface area contributed by atoms with Gasteiger partial charge in [-0.15, -0.1) is 0 Å². The van der Waals surface area contributed by atoms with E-state index in [0.29, 0.717) is 19.1 Å². The Hall–Kier alpha value is -0.650. The lowest BCUT2D eigenvalue weighted by Crippen LogP contribution is -2.51. The van der Waals surface area contributed by atoms with Crippen LogP contribution >= 0.6 is 0 Å². The Morgan fingerprint density at radius 2 is 2.00 bits per heavy atom. The fraction of sp³-hybridized carbons (Fsp3) is 0.909. The third kappa shape index (κ3) is 2.93. The van der Waals surface area contributed by atoms with Gasteiger partial charge in [0.05, 0.1) is 13.2 Å². The molecule has 0 aromatic rings. The van der Waals surface area contributed by atoms with Crippen molar-refractivity contribution in [2.75, 3.05) is 39.5 Å². The summed E-state index contributed by atoms with van der Waals surface area (Å²) in [6.07, 6.45) is 2.09. The van der Waals surface area contributed by atoms with Crippen LogP contribution in [0, 0.1) is 5.92 Å². The maximum Gasteiger partial charge on any atom is 0.323 e. The van der Waals surface area contributed by atoms with E-state index >= 15 is 0 Å². The zero-order valence-electron chi connectivity index (χ0n) is 9.43. The summed E-state index contributed by atoms with van der Waals surface area (Å²) in [5.41, 5.74) is 0. The number of ether oxygens (including phenoxy) is 2. The van der Waals surface area contributed by atoms with Gasteiger partial charge in [-0.2, -0.15) is 0 Å². The molecule has 2 heterocycles. The van der Waals surface area contributed by atoms with Crippen LogP contribution in [0.1, 0.15) is 12.8 Å². The van der Waals surface area contributed by atoms with Gasteiger partial charge in [-0.3, -0.25) is 9.69 Å². The van der Waals surface area contributed by atoms with Gasteiger partial charge >= 0.3 is 5.97 Å². The normalized spacial score (nSPS) is 29.1. The van der Waals surface area contributed by atoms with Crippen LogP contribution < -0.4 is 0 Å². The number of hydrogen-bond donors (Lipinski definition) is 1. The Morgan fingerprint density at radius 1 is 1.25 bits per heavy atom. The van der Waals surface area contributed by atoms with E-state index in [2.05, 4.69) is 0 Å². The molecule has 1 unspecified atom stereocenters. The minimum atomic E-state index is -0.772. The molecule has 5 heteroatoms. The molecule has 0 aromatic carbocycles. The van der Waals surface area contributed by atoms with E-state index in [1.165, 1.54) is 0 Å². The molecule has 2 saturated heterocycles. The van der Waals surface area contributed by atoms with E-state index < -0.39 is 12.0 Å². The highest BCUT2D eigenvalue weighted by atomic mass is 16.5. The summed E-state index contributed by atoms with van der Waals surface area (Å²) >= 11 is 0. The number of carboxylic acids is 1. The second kappa shape index (κ2) is 5.61. The lowest BCUT2D eigenvalue weighted by molar-refractivity contribution is -0.150. The molecule has 1 N–H and O–H groups in total. The first-order chi connectivity index (χ1) is 7.77. The summed E-state index contributed by atoms with van der Waals surface area (Å²) < 4.78 is 10.5. The number of rotatable bonds is 3. The highest BCUT2D eigenvalue weighted by Gasteiger charge is 2.31. The fourth-order valence-electron chi connectivity index (χ4n) is 2.34. The smallest absolute Gasteiger partial charge is 0.323 e. The standard InChI is InChI=1S/C11H19NO4/c13-11(14)10-8-16-6-3-12(10)7-9-1-4-15-5-2-9/h9-10H,1-8H2,(H,13,14). The Bertz CT molecular complexity index is 240. The second-order valence-corrected chi connectivity index (χ2v) is 4.48. The molecule has 5 nitrogen and oxygen atoms in total. The predicted octanol–water partition coefficient (Wildman–Crippen LogP) is 0.198. The summed E-state index contributed by atoms with van der Waals surface area (Å²) in [6, 6.07) is -0.461. The number of carboxylic acid groups (broad SMARTS) is 1. The van der Waals surface area contributed by atoms with Crippen molar-refractivity contribution in [3.63, 3.8) is 0 Å². The number of morpholine rings is 1. The van der Waals surface area contributed by atoms with Crippen LogP contribution in [-0.2, 0) is 14.3 Å². The summed E-state index contributed by atoms with van der Waals surface area (Å²) in [4.78, 5) is 13.1. The van der Waals surface area contributed by atoms with E-state index in [-0.39, 0.29) is 0 Å². The largest absolute Gasteiger partial charge is 0.480 e. The molecule has 0 bridgehead atoms. The van der Waals surface area contributed by atoms with Crippen molar-refractivity contribution >= 4 is 5.97 Å². The van der Waals surface area contributed by atoms with Crippen molar-refractivity contribution in [1.82, 2.24) is 4.90 Å². The number of carbonyl (C=O) groups is 1. The maximum atomic E-state index is 11.1. The second-order valence-electron chi connectivity index (χ2n) is 4.48. The van der Waals surface area contributed by atoms with Crippen LogP contribution in [0.25, 0.3) is 0 Å². The van der Waals surface area contributed by atoms with Gasteiger partial charge in [-0.25, -0.2) is 0 Å². The first-order valence-corrected chi connectivity index (χ1v) is 5.89. The van der Waals surface area contributed by atoms with Crippen LogP contribution in [-0.4, -0.2) is 61.5 Å². The molecule has 0 spiro atoms. The first-order valence-electron chi connectivity index (χ1n) is 5.89. The van der Waals surface area contributed by atoms with Crippen molar-refractivity contribution in [2.24, 2.45) is 5.92 Å². The highest BCUT2D eigenvalue weighted by molar-refractivity contribution is 5.73. The van der Waals surface area contributed by atoms with E-state index in [0.717, 1.165) is 39.1 Å². The van der Waals surface area contributed by atoms with Gasteiger partial charge in [0.25, 0.3) is 0 Å². The van der Waals surface area contributed by atoms with Crippen LogP contribution in [0.4, 0.5) is 0 Å². The van der Waals surface area contributed by atoms with Crippen molar-refractivity contribution < 1.29 is 19.4 Å². The molecular weight excluding hydrogens is 210 g/mol. The topological polar surface area (TPSA) is 59.0 Å². The number of aliphatic carboxylic acids is 1. The molecule has 2 aliphatic rings. The summed E-state index contributed by atoms with van der Waals surface area (Å²) in [7, 11) is 0. The molecule has 0 aromatic heterocycles. The quantitative estimate of drug-likeness (QED) is 0.749. The van der Waals surface area contributed by atoms with Gasteiger partial charge in [-0.05, 0) is 18.8 Å². The van der Waals surface area contributed by atoms with E-state index in [1.807, 2.05) is 4.90 Å². The molecule has 2 rings (SSSR count). The van der Waals surface area contributed by atoms with E-state index in [4.69, 9.17) is 14.6 Å². The van der Waals surface area contributed by atoms with Gasteiger partial charge in [0.1, 0.15) is 6.04 Å². The minimum Gasteiger partial charge on any atom is -0.480 e. The van der Waals surface area contributed by atoms with Crippen molar-refractivity contribution in [1.29, 1.82) is 0 Å².